The fourth-order valence-corrected chi connectivity index (χ4v) is 3.28. The minimum absolute atomic E-state index is 0.288. The predicted octanol–water partition coefficient (Wildman–Crippen LogP) is 4.14. The van der Waals surface area contributed by atoms with Gasteiger partial charge in [-0.25, -0.2) is 0 Å². The second-order valence-corrected chi connectivity index (χ2v) is 6.29. The van der Waals surface area contributed by atoms with Crippen molar-refractivity contribution >= 4 is 16.8 Å². The average Bonchev–Trinajstić information content (AvgIpc) is 2.97. The van der Waals surface area contributed by atoms with E-state index in [-0.39, 0.29) is 11.7 Å². The Morgan fingerprint density at radius 3 is 2.77 bits per heavy atom. The van der Waals surface area contributed by atoms with Crippen molar-refractivity contribution in [1.29, 1.82) is 0 Å². The molecule has 0 fully saturated rings. The fourth-order valence-electron chi connectivity index (χ4n) is 3.28. The fraction of sp³-hybridized carbons (Fsp3) is 0.211. The molecule has 1 heterocycles. The molecule has 0 aliphatic heterocycles. The summed E-state index contributed by atoms with van der Waals surface area (Å²) in [6, 6.07) is 13.6. The Hall–Kier alpha value is -2.96. The molecule has 4 nitrogen and oxygen atoms in total. The van der Waals surface area contributed by atoms with E-state index in [9.17, 15) is 18.0 Å². The molecule has 1 aromatic heterocycles. The summed E-state index contributed by atoms with van der Waals surface area (Å²) in [4.78, 5) is 15.2. The highest BCUT2D eigenvalue weighted by molar-refractivity contribution is 5.98. The van der Waals surface area contributed by atoms with E-state index in [0.29, 0.717) is 29.1 Å². The maximum Gasteiger partial charge on any atom is 0.573 e. The lowest BCUT2D eigenvalue weighted by Gasteiger charge is -2.30. The summed E-state index contributed by atoms with van der Waals surface area (Å²) >= 11 is 0. The number of benzene rings is 2. The molecule has 0 radical (unpaired) electrons. The van der Waals surface area contributed by atoms with E-state index < -0.39 is 6.36 Å². The van der Waals surface area contributed by atoms with Gasteiger partial charge in [-0.2, -0.15) is 0 Å². The van der Waals surface area contributed by atoms with Gasteiger partial charge in [0.15, 0.2) is 0 Å². The zero-order chi connectivity index (χ0) is 18.3. The van der Waals surface area contributed by atoms with Crippen LogP contribution in [0.3, 0.4) is 0 Å². The minimum atomic E-state index is -4.75. The SMILES string of the molecule is O=C(NCC1Cc2ccccc21)c1cc2ccc(OC(F)(F)F)cc2[nH]1. The predicted molar refractivity (Wildman–Crippen MR) is 90.2 cm³/mol. The molecule has 1 amide bonds. The highest BCUT2D eigenvalue weighted by atomic mass is 19.4. The van der Waals surface area contributed by atoms with Gasteiger partial charge in [0.2, 0.25) is 0 Å². The number of carbonyl (C=O) groups is 1. The first-order chi connectivity index (χ1) is 12.4. The summed E-state index contributed by atoms with van der Waals surface area (Å²) in [6.45, 7) is 0.521. The van der Waals surface area contributed by atoms with Crippen LogP contribution >= 0.6 is 0 Å². The van der Waals surface area contributed by atoms with Crippen molar-refractivity contribution in [3.05, 3.63) is 65.4 Å². The molecule has 134 valence electrons. The number of hydrogen-bond donors (Lipinski definition) is 2. The van der Waals surface area contributed by atoms with Crippen molar-refractivity contribution in [1.82, 2.24) is 10.3 Å². The number of carbonyl (C=O) groups excluding carboxylic acids is 1. The summed E-state index contributed by atoms with van der Waals surface area (Å²) in [5.41, 5.74) is 3.26. The molecule has 0 saturated heterocycles. The van der Waals surface area contributed by atoms with Gasteiger partial charge >= 0.3 is 6.36 Å². The van der Waals surface area contributed by atoms with Gasteiger partial charge in [-0.1, -0.05) is 24.3 Å². The first-order valence-electron chi connectivity index (χ1n) is 8.13. The number of amides is 1. The van der Waals surface area contributed by atoms with E-state index in [1.54, 1.807) is 6.07 Å². The van der Waals surface area contributed by atoms with Crippen LogP contribution in [0.1, 0.15) is 27.5 Å². The van der Waals surface area contributed by atoms with Crippen LogP contribution in [0.4, 0.5) is 13.2 Å². The summed E-state index contributed by atoms with van der Waals surface area (Å²) in [7, 11) is 0. The zero-order valence-electron chi connectivity index (χ0n) is 13.6. The maximum absolute atomic E-state index is 12.3. The molecule has 7 heteroatoms. The Morgan fingerprint density at radius 2 is 2.00 bits per heavy atom. The van der Waals surface area contributed by atoms with Crippen molar-refractivity contribution < 1.29 is 22.7 Å². The number of aromatic amines is 1. The lowest BCUT2D eigenvalue weighted by molar-refractivity contribution is -0.274. The third-order valence-corrected chi connectivity index (χ3v) is 4.54. The van der Waals surface area contributed by atoms with Crippen LogP contribution in [0.2, 0.25) is 0 Å². The second kappa shape index (κ2) is 6.09. The number of ether oxygens (including phenoxy) is 1. The molecule has 0 saturated carbocycles. The summed E-state index contributed by atoms with van der Waals surface area (Å²) in [6.07, 6.45) is -3.82. The molecule has 2 N–H and O–H groups in total. The largest absolute Gasteiger partial charge is 0.573 e. The van der Waals surface area contributed by atoms with Gasteiger partial charge in [-0.05, 0) is 35.7 Å². The molecule has 1 atom stereocenters. The van der Waals surface area contributed by atoms with Crippen LogP contribution in [0, 0.1) is 0 Å². The number of fused-ring (bicyclic) bond motifs is 2. The lowest BCUT2D eigenvalue weighted by atomic mass is 9.77. The number of alkyl halides is 3. The number of rotatable bonds is 4. The number of H-pyrrole nitrogens is 1. The summed E-state index contributed by atoms with van der Waals surface area (Å²) in [5, 5.41) is 3.51. The molecule has 3 aromatic rings. The monoisotopic (exact) mass is 360 g/mol. The Morgan fingerprint density at radius 1 is 1.19 bits per heavy atom. The van der Waals surface area contributed by atoms with Gasteiger partial charge in [0.1, 0.15) is 11.4 Å². The minimum Gasteiger partial charge on any atom is -0.406 e. The van der Waals surface area contributed by atoms with Crippen molar-refractivity contribution in [2.45, 2.75) is 18.7 Å². The normalized spacial score (nSPS) is 16.0. The quantitative estimate of drug-likeness (QED) is 0.735. The topological polar surface area (TPSA) is 54.1 Å². The van der Waals surface area contributed by atoms with Gasteiger partial charge < -0.3 is 15.0 Å². The molecule has 1 aliphatic carbocycles. The van der Waals surface area contributed by atoms with Gasteiger partial charge in [0.25, 0.3) is 5.91 Å². The van der Waals surface area contributed by atoms with Gasteiger partial charge in [-0.3, -0.25) is 4.79 Å². The van der Waals surface area contributed by atoms with Crippen molar-refractivity contribution in [3.63, 3.8) is 0 Å². The third kappa shape index (κ3) is 3.24. The van der Waals surface area contributed by atoms with E-state index >= 15 is 0 Å². The standard InChI is InChI=1S/C19H15F3N2O2/c20-19(21,22)26-14-6-5-12-8-17(24-16(12)9-14)18(25)23-10-13-7-11-3-1-2-4-15(11)13/h1-6,8-9,13,24H,7,10H2,(H,23,25). The molecule has 2 aromatic carbocycles. The Labute approximate surface area is 147 Å². The Kier molecular flexibility index (Phi) is 3.86. The van der Waals surface area contributed by atoms with Gasteiger partial charge in [-0.15, -0.1) is 13.2 Å². The molecular formula is C19H15F3N2O2. The van der Waals surface area contributed by atoms with Crippen LogP contribution in [-0.2, 0) is 6.42 Å². The van der Waals surface area contributed by atoms with E-state index in [1.807, 2.05) is 12.1 Å². The van der Waals surface area contributed by atoms with Crippen LogP contribution in [0.15, 0.2) is 48.5 Å². The van der Waals surface area contributed by atoms with E-state index in [2.05, 4.69) is 27.2 Å². The molecule has 1 unspecified atom stereocenters. The molecule has 0 bridgehead atoms. The Bertz CT molecular complexity index is 978. The highest BCUT2D eigenvalue weighted by Gasteiger charge is 2.31. The number of hydrogen-bond acceptors (Lipinski definition) is 2. The third-order valence-electron chi connectivity index (χ3n) is 4.54. The van der Waals surface area contributed by atoms with Crippen LogP contribution in [-0.4, -0.2) is 23.8 Å². The van der Waals surface area contributed by atoms with Crippen LogP contribution < -0.4 is 10.1 Å². The van der Waals surface area contributed by atoms with Crippen LogP contribution in [0.25, 0.3) is 10.9 Å². The summed E-state index contributed by atoms with van der Waals surface area (Å²) in [5.74, 6) is -0.319. The number of nitrogens with one attached hydrogen (secondary N) is 2. The van der Waals surface area contributed by atoms with E-state index in [1.165, 1.54) is 29.3 Å². The summed E-state index contributed by atoms with van der Waals surface area (Å²) < 4.78 is 40.8. The zero-order valence-corrected chi connectivity index (χ0v) is 13.6. The number of halogens is 3. The Balaban J connectivity index is 1.44. The molecular weight excluding hydrogens is 345 g/mol. The smallest absolute Gasteiger partial charge is 0.406 e. The molecule has 0 spiro atoms. The van der Waals surface area contributed by atoms with Crippen LogP contribution in [0.5, 0.6) is 5.75 Å². The molecule has 26 heavy (non-hydrogen) atoms. The van der Waals surface area contributed by atoms with Crippen molar-refractivity contribution in [2.75, 3.05) is 6.54 Å². The van der Waals surface area contributed by atoms with Crippen molar-refractivity contribution in [2.24, 2.45) is 0 Å². The van der Waals surface area contributed by atoms with Gasteiger partial charge in [0.05, 0.1) is 0 Å². The lowest BCUT2D eigenvalue weighted by Crippen LogP contribution is -2.33. The molecule has 1 aliphatic rings. The molecule has 4 rings (SSSR count). The first kappa shape index (κ1) is 16.5. The highest BCUT2D eigenvalue weighted by Crippen LogP contribution is 2.34. The maximum atomic E-state index is 12.3. The van der Waals surface area contributed by atoms with Gasteiger partial charge in [0, 0.05) is 29.4 Å². The van der Waals surface area contributed by atoms with E-state index in [0.717, 1.165) is 6.42 Å². The first-order valence-corrected chi connectivity index (χ1v) is 8.13. The van der Waals surface area contributed by atoms with Crippen molar-refractivity contribution in [3.8, 4) is 5.75 Å². The second-order valence-electron chi connectivity index (χ2n) is 6.29. The average molecular weight is 360 g/mol. The van der Waals surface area contributed by atoms with E-state index in [4.69, 9.17) is 0 Å². The number of aromatic nitrogens is 1.